The second-order valence-electron chi connectivity index (χ2n) is 14.8. The highest BCUT2D eigenvalue weighted by Gasteiger charge is 2.25. The van der Waals surface area contributed by atoms with Crippen LogP contribution in [0, 0.1) is 0 Å². The van der Waals surface area contributed by atoms with Crippen molar-refractivity contribution >= 4 is 65.0 Å². The predicted molar refractivity (Wildman–Crippen MR) is 219 cm³/mol. The SMILES string of the molecule is CC(C)(C)c1c2ccccc2c(-c2cccc3oc4cc(-c5c6ccccc6c(-c6ccccc6)c6ccccc56)ccc4c23)c2ccccc12. The van der Waals surface area contributed by atoms with Gasteiger partial charge in [-0.2, -0.15) is 0 Å². The van der Waals surface area contributed by atoms with Crippen molar-refractivity contribution in [2.45, 2.75) is 26.2 Å². The fourth-order valence-electron chi connectivity index (χ4n) is 8.77. The van der Waals surface area contributed by atoms with E-state index in [2.05, 4.69) is 185 Å². The van der Waals surface area contributed by atoms with Gasteiger partial charge >= 0.3 is 0 Å². The van der Waals surface area contributed by atoms with Crippen LogP contribution in [0.5, 0.6) is 0 Å². The molecule has 0 bridgehead atoms. The van der Waals surface area contributed by atoms with Crippen LogP contribution in [0.4, 0.5) is 0 Å². The summed E-state index contributed by atoms with van der Waals surface area (Å²) < 4.78 is 6.80. The van der Waals surface area contributed by atoms with Crippen molar-refractivity contribution in [1.82, 2.24) is 0 Å². The van der Waals surface area contributed by atoms with Gasteiger partial charge in [-0.05, 0) is 106 Å². The molecule has 1 heterocycles. The van der Waals surface area contributed by atoms with Gasteiger partial charge in [0.2, 0.25) is 0 Å². The molecule has 10 aromatic rings. The van der Waals surface area contributed by atoms with Crippen LogP contribution in [0.15, 0.2) is 168 Å². The molecule has 1 heteroatoms. The molecule has 0 atom stereocenters. The summed E-state index contributed by atoms with van der Waals surface area (Å²) in [5, 5.41) is 12.4. The molecule has 0 unspecified atom stereocenters. The van der Waals surface area contributed by atoms with Crippen molar-refractivity contribution in [2.75, 3.05) is 0 Å². The average Bonchev–Trinajstić information content (AvgIpc) is 3.54. The van der Waals surface area contributed by atoms with E-state index in [1.165, 1.54) is 76.5 Å². The molecule has 0 N–H and O–H groups in total. The van der Waals surface area contributed by atoms with E-state index in [-0.39, 0.29) is 5.41 Å². The molecule has 0 amide bonds. The van der Waals surface area contributed by atoms with E-state index >= 15 is 0 Å². The maximum Gasteiger partial charge on any atom is 0.136 e. The lowest BCUT2D eigenvalue weighted by Gasteiger charge is -2.26. The van der Waals surface area contributed by atoms with Gasteiger partial charge in [-0.1, -0.05) is 166 Å². The normalized spacial score (nSPS) is 12.2. The second-order valence-corrected chi connectivity index (χ2v) is 14.8. The maximum absolute atomic E-state index is 6.80. The Morgan fingerprint density at radius 1 is 0.353 bits per heavy atom. The summed E-state index contributed by atoms with van der Waals surface area (Å²) in [7, 11) is 0. The van der Waals surface area contributed by atoms with Crippen LogP contribution in [0.1, 0.15) is 26.3 Å². The highest BCUT2D eigenvalue weighted by atomic mass is 16.3. The average molecular weight is 653 g/mol. The summed E-state index contributed by atoms with van der Waals surface area (Å²) >= 11 is 0. The predicted octanol–water partition coefficient (Wildman–Crippen LogP) is 14.5. The molecular weight excluding hydrogens is 617 g/mol. The van der Waals surface area contributed by atoms with Crippen LogP contribution in [0.25, 0.3) is 98.4 Å². The van der Waals surface area contributed by atoms with Crippen molar-refractivity contribution in [3.05, 3.63) is 169 Å². The fraction of sp³-hybridized carbons (Fsp3) is 0.0800. The first-order chi connectivity index (χ1) is 25.0. The zero-order chi connectivity index (χ0) is 34.3. The number of benzene rings is 9. The van der Waals surface area contributed by atoms with Crippen molar-refractivity contribution in [2.24, 2.45) is 0 Å². The summed E-state index contributed by atoms with van der Waals surface area (Å²) in [4.78, 5) is 0. The smallest absolute Gasteiger partial charge is 0.136 e. The summed E-state index contributed by atoms with van der Waals surface area (Å²) in [6.07, 6.45) is 0. The Kier molecular flexibility index (Phi) is 6.51. The summed E-state index contributed by atoms with van der Waals surface area (Å²) in [5.74, 6) is 0. The van der Waals surface area contributed by atoms with Gasteiger partial charge in [-0.25, -0.2) is 0 Å². The standard InChI is InChI=1S/C50H36O/c1-50(2,3)49-39-24-13-11-22-37(39)47(38-23-12-14-25-40(38)49)42-26-15-27-43-48(42)41-29-28-32(30-44(41)51-43)46-35-20-9-7-18-33(35)45(31-16-5-4-6-17-31)34-19-8-10-21-36(34)46/h4-30H,1-3H3. The molecule has 9 aromatic carbocycles. The van der Waals surface area contributed by atoms with Gasteiger partial charge in [0.15, 0.2) is 0 Å². The van der Waals surface area contributed by atoms with Gasteiger partial charge in [0.1, 0.15) is 11.2 Å². The summed E-state index contributed by atoms with van der Waals surface area (Å²) in [6, 6.07) is 59.7. The third-order valence-corrected chi connectivity index (χ3v) is 10.7. The van der Waals surface area contributed by atoms with Crippen molar-refractivity contribution < 1.29 is 4.42 Å². The lowest BCUT2D eigenvalue weighted by atomic mass is 9.77. The van der Waals surface area contributed by atoms with Crippen LogP contribution in [-0.4, -0.2) is 0 Å². The number of hydrogen-bond donors (Lipinski definition) is 0. The Bertz CT molecular complexity index is 2880. The molecular formula is C50H36O. The largest absolute Gasteiger partial charge is 0.456 e. The lowest BCUT2D eigenvalue weighted by Crippen LogP contribution is -2.13. The molecule has 0 radical (unpaired) electrons. The number of rotatable bonds is 3. The molecule has 0 aliphatic heterocycles. The monoisotopic (exact) mass is 652 g/mol. The Balaban J connectivity index is 1.26. The first-order valence-corrected chi connectivity index (χ1v) is 17.9. The van der Waals surface area contributed by atoms with Crippen LogP contribution >= 0.6 is 0 Å². The third-order valence-electron chi connectivity index (χ3n) is 10.7. The van der Waals surface area contributed by atoms with E-state index in [1.807, 2.05) is 0 Å². The van der Waals surface area contributed by atoms with E-state index < -0.39 is 0 Å². The Morgan fingerprint density at radius 2 is 0.824 bits per heavy atom. The summed E-state index contributed by atoms with van der Waals surface area (Å²) in [6.45, 7) is 6.97. The molecule has 0 aliphatic rings. The van der Waals surface area contributed by atoms with E-state index in [0.717, 1.165) is 27.5 Å². The van der Waals surface area contributed by atoms with Crippen LogP contribution in [-0.2, 0) is 5.41 Å². The quantitative estimate of drug-likeness (QED) is 0.173. The first kappa shape index (κ1) is 29.7. The minimum Gasteiger partial charge on any atom is -0.456 e. The number of fused-ring (bicyclic) bond motifs is 7. The van der Waals surface area contributed by atoms with Gasteiger partial charge in [0, 0.05) is 10.8 Å². The zero-order valence-electron chi connectivity index (χ0n) is 29.0. The van der Waals surface area contributed by atoms with Crippen molar-refractivity contribution in [3.8, 4) is 33.4 Å². The molecule has 242 valence electrons. The second kappa shape index (κ2) is 11.2. The van der Waals surface area contributed by atoms with Gasteiger partial charge in [-0.3, -0.25) is 0 Å². The highest BCUT2D eigenvalue weighted by molar-refractivity contribution is 6.24. The van der Waals surface area contributed by atoms with E-state index in [0.29, 0.717) is 0 Å². The van der Waals surface area contributed by atoms with Gasteiger partial charge in [0.05, 0.1) is 0 Å². The molecule has 0 saturated heterocycles. The molecule has 1 nitrogen and oxygen atoms in total. The van der Waals surface area contributed by atoms with Crippen LogP contribution < -0.4 is 0 Å². The van der Waals surface area contributed by atoms with Gasteiger partial charge in [0.25, 0.3) is 0 Å². The summed E-state index contributed by atoms with van der Waals surface area (Å²) in [5.41, 5.74) is 10.5. The zero-order valence-corrected chi connectivity index (χ0v) is 29.0. The molecule has 1 aromatic heterocycles. The van der Waals surface area contributed by atoms with E-state index in [9.17, 15) is 0 Å². The number of hydrogen-bond acceptors (Lipinski definition) is 1. The first-order valence-electron chi connectivity index (χ1n) is 17.9. The Hall–Kier alpha value is -6.18. The highest BCUT2D eigenvalue weighted by Crippen LogP contribution is 2.48. The maximum atomic E-state index is 6.80. The molecule has 0 fully saturated rings. The lowest BCUT2D eigenvalue weighted by molar-refractivity contribution is 0.601. The van der Waals surface area contributed by atoms with E-state index in [4.69, 9.17) is 4.42 Å². The third kappa shape index (κ3) is 4.48. The van der Waals surface area contributed by atoms with Crippen molar-refractivity contribution in [3.63, 3.8) is 0 Å². The minimum atomic E-state index is -0.0177. The van der Waals surface area contributed by atoms with Gasteiger partial charge in [-0.15, -0.1) is 0 Å². The van der Waals surface area contributed by atoms with Crippen LogP contribution in [0.2, 0.25) is 0 Å². The van der Waals surface area contributed by atoms with Crippen molar-refractivity contribution in [1.29, 1.82) is 0 Å². The Morgan fingerprint density at radius 3 is 1.35 bits per heavy atom. The van der Waals surface area contributed by atoms with Crippen LogP contribution in [0.3, 0.4) is 0 Å². The molecule has 0 saturated carbocycles. The number of furan rings is 1. The topological polar surface area (TPSA) is 13.1 Å². The molecule has 0 aliphatic carbocycles. The molecule has 10 rings (SSSR count). The molecule has 51 heavy (non-hydrogen) atoms. The fourth-order valence-corrected chi connectivity index (χ4v) is 8.77. The minimum absolute atomic E-state index is 0.0177. The van der Waals surface area contributed by atoms with Gasteiger partial charge < -0.3 is 4.42 Å². The van der Waals surface area contributed by atoms with E-state index in [1.54, 1.807) is 0 Å². The molecule has 0 spiro atoms. The Labute approximate surface area is 297 Å².